The summed E-state index contributed by atoms with van der Waals surface area (Å²) in [7, 11) is 0. The van der Waals surface area contributed by atoms with E-state index < -0.39 is 29.3 Å². The van der Waals surface area contributed by atoms with E-state index in [0.29, 0.717) is 0 Å². The van der Waals surface area contributed by atoms with Gasteiger partial charge in [-0.05, 0) is 26.0 Å². The van der Waals surface area contributed by atoms with Gasteiger partial charge in [-0.3, -0.25) is 4.79 Å². The lowest BCUT2D eigenvalue weighted by atomic mass is 9.98. The van der Waals surface area contributed by atoms with E-state index in [2.05, 4.69) is 10.6 Å². The maximum atomic E-state index is 13.5. The highest BCUT2D eigenvalue weighted by Gasteiger charge is 2.36. The van der Waals surface area contributed by atoms with Gasteiger partial charge in [-0.25, -0.2) is 13.2 Å². The van der Waals surface area contributed by atoms with E-state index in [1.54, 1.807) is 13.8 Å². The molecule has 0 saturated heterocycles. The Hall–Kier alpha value is -1.72. The highest BCUT2D eigenvalue weighted by atomic mass is 19.3. The number of benzene rings is 1. The molecule has 0 atom stereocenters. The van der Waals surface area contributed by atoms with Gasteiger partial charge in [0.1, 0.15) is 11.4 Å². The number of hydrogen-bond donors (Lipinski definition) is 2. The predicted molar refractivity (Wildman–Crippen MR) is 57.7 cm³/mol. The zero-order valence-corrected chi connectivity index (χ0v) is 9.27. The molecule has 0 fully saturated rings. The molecule has 1 amide bonds. The fourth-order valence-electron chi connectivity index (χ4n) is 1.67. The van der Waals surface area contributed by atoms with E-state index in [1.807, 2.05) is 0 Å². The Morgan fingerprint density at radius 2 is 1.88 bits per heavy atom. The molecule has 0 aromatic heterocycles. The van der Waals surface area contributed by atoms with Gasteiger partial charge in [0.25, 0.3) is 6.43 Å². The Labute approximate surface area is 96.0 Å². The van der Waals surface area contributed by atoms with E-state index in [1.165, 1.54) is 0 Å². The minimum atomic E-state index is -2.77. The summed E-state index contributed by atoms with van der Waals surface area (Å²) in [4.78, 5) is 11.6. The molecule has 0 aliphatic carbocycles. The molecule has 2 rings (SSSR count). The van der Waals surface area contributed by atoms with E-state index in [-0.39, 0.29) is 11.4 Å². The molecule has 0 spiro atoms. The summed E-state index contributed by atoms with van der Waals surface area (Å²) in [6.07, 6.45) is -2.77. The molecular formula is C11H11F3N2O. The Morgan fingerprint density at radius 1 is 1.24 bits per heavy atom. The molecule has 0 radical (unpaired) electrons. The van der Waals surface area contributed by atoms with Crippen molar-refractivity contribution in [3.63, 3.8) is 0 Å². The molecule has 0 bridgehead atoms. The molecular weight excluding hydrogens is 233 g/mol. The third kappa shape index (κ3) is 1.83. The van der Waals surface area contributed by atoms with Crippen LogP contribution in [0.4, 0.5) is 24.5 Å². The van der Waals surface area contributed by atoms with Gasteiger partial charge < -0.3 is 10.6 Å². The smallest absolute Gasteiger partial charge is 0.265 e. The average molecular weight is 244 g/mol. The van der Waals surface area contributed by atoms with Crippen molar-refractivity contribution in [2.75, 3.05) is 10.6 Å². The van der Waals surface area contributed by atoms with Gasteiger partial charge in [-0.15, -0.1) is 0 Å². The maximum absolute atomic E-state index is 13.5. The summed E-state index contributed by atoms with van der Waals surface area (Å²) in [5, 5.41) is 4.95. The van der Waals surface area contributed by atoms with Gasteiger partial charge in [0.05, 0.1) is 11.4 Å². The van der Waals surface area contributed by atoms with Crippen molar-refractivity contribution >= 4 is 17.3 Å². The van der Waals surface area contributed by atoms with Crippen LogP contribution in [0.3, 0.4) is 0 Å². The van der Waals surface area contributed by atoms with Crippen LogP contribution in [-0.2, 0) is 4.79 Å². The zero-order valence-electron chi connectivity index (χ0n) is 9.27. The number of carbonyl (C=O) groups excluding carboxylic acids is 1. The number of carbonyl (C=O) groups is 1. The lowest BCUT2D eigenvalue weighted by molar-refractivity contribution is -0.119. The van der Waals surface area contributed by atoms with Gasteiger partial charge in [0, 0.05) is 5.56 Å². The van der Waals surface area contributed by atoms with Crippen LogP contribution in [0.1, 0.15) is 25.8 Å². The van der Waals surface area contributed by atoms with Crippen LogP contribution in [-0.4, -0.2) is 11.4 Å². The first-order valence-corrected chi connectivity index (χ1v) is 5.03. The number of halogens is 3. The molecule has 1 heterocycles. The second-order valence-corrected chi connectivity index (χ2v) is 4.39. The molecule has 1 aromatic carbocycles. The van der Waals surface area contributed by atoms with E-state index >= 15 is 0 Å². The number of hydrogen-bond acceptors (Lipinski definition) is 2. The molecule has 3 nitrogen and oxygen atoms in total. The summed E-state index contributed by atoms with van der Waals surface area (Å²) in [5.74, 6) is -1.14. The van der Waals surface area contributed by atoms with Crippen molar-refractivity contribution in [3.05, 3.63) is 23.5 Å². The Bertz CT molecular complexity index is 486. The molecule has 2 N–H and O–H groups in total. The van der Waals surface area contributed by atoms with Crippen molar-refractivity contribution in [2.45, 2.75) is 25.8 Å². The number of anilines is 2. The number of alkyl halides is 2. The predicted octanol–water partition coefficient (Wildman–Crippen LogP) is 2.91. The standard InChI is InChI=1S/C11H11F3N2O/c1-11(2)10(17)15-7-5(9(13)14)3-4-6(12)8(7)16-11/h3-4,9,16H,1-2H3,(H,15,17). The maximum Gasteiger partial charge on any atom is 0.265 e. The summed E-state index contributed by atoms with van der Waals surface area (Å²) < 4.78 is 38.9. The van der Waals surface area contributed by atoms with Crippen LogP contribution < -0.4 is 10.6 Å². The number of nitrogens with one attached hydrogen (secondary N) is 2. The molecule has 6 heteroatoms. The van der Waals surface area contributed by atoms with E-state index in [0.717, 1.165) is 12.1 Å². The summed E-state index contributed by atoms with van der Waals surface area (Å²) in [6, 6.07) is 1.93. The van der Waals surface area contributed by atoms with Gasteiger partial charge in [0.15, 0.2) is 0 Å². The third-order valence-electron chi connectivity index (χ3n) is 2.67. The highest BCUT2D eigenvalue weighted by molar-refractivity contribution is 6.06. The number of fused-ring (bicyclic) bond motifs is 1. The number of rotatable bonds is 1. The summed E-state index contributed by atoms with van der Waals surface area (Å²) >= 11 is 0. The monoisotopic (exact) mass is 244 g/mol. The van der Waals surface area contributed by atoms with Gasteiger partial charge in [-0.1, -0.05) is 0 Å². The molecule has 1 aliphatic rings. The van der Waals surface area contributed by atoms with Crippen LogP contribution in [0.25, 0.3) is 0 Å². The Kier molecular flexibility index (Phi) is 2.52. The molecule has 92 valence electrons. The fourth-order valence-corrected chi connectivity index (χ4v) is 1.67. The van der Waals surface area contributed by atoms with E-state index in [4.69, 9.17) is 0 Å². The highest BCUT2D eigenvalue weighted by Crippen LogP contribution is 2.39. The van der Waals surface area contributed by atoms with Crippen molar-refractivity contribution in [1.29, 1.82) is 0 Å². The Balaban J connectivity index is 2.59. The van der Waals surface area contributed by atoms with Crippen molar-refractivity contribution in [3.8, 4) is 0 Å². The van der Waals surface area contributed by atoms with Crippen molar-refractivity contribution < 1.29 is 18.0 Å². The van der Waals surface area contributed by atoms with Crippen LogP contribution >= 0.6 is 0 Å². The molecule has 1 aromatic rings. The molecule has 0 saturated carbocycles. The minimum Gasteiger partial charge on any atom is -0.368 e. The third-order valence-corrected chi connectivity index (χ3v) is 2.67. The zero-order chi connectivity index (χ0) is 12.8. The lowest BCUT2D eigenvalue weighted by Gasteiger charge is -2.33. The topological polar surface area (TPSA) is 41.1 Å². The van der Waals surface area contributed by atoms with Gasteiger partial charge in [-0.2, -0.15) is 0 Å². The lowest BCUT2D eigenvalue weighted by Crippen LogP contribution is -2.48. The molecule has 1 aliphatic heterocycles. The molecule has 0 unspecified atom stereocenters. The van der Waals surface area contributed by atoms with Gasteiger partial charge >= 0.3 is 0 Å². The second kappa shape index (κ2) is 3.65. The first-order chi connectivity index (χ1) is 7.83. The van der Waals surface area contributed by atoms with Crippen LogP contribution in [0, 0.1) is 5.82 Å². The summed E-state index contributed by atoms with van der Waals surface area (Å²) in [6.45, 7) is 3.08. The van der Waals surface area contributed by atoms with Crippen molar-refractivity contribution in [2.24, 2.45) is 0 Å². The fraction of sp³-hybridized carbons (Fsp3) is 0.364. The quantitative estimate of drug-likeness (QED) is 0.797. The molecule has 17 heavy (non-hydrogen) atoms. The largest absolute Gasteiger partial charge is 0.368 e. The van der Waals surface area contributed by atoms with Crippen molar-refractivity contribution in [1.82, 2.24) is 0 Å². The van der Waals surface area contributed by atoms with Crippen LogP contribution in [0.5, 0.6) is 0 Å². The first kappa shape index (κ1) is 11.8. The average Bonchev–Trinajstić information content (AvgIpc) is 2.21. The minimum absolute atomic E-state index is 0.0904. The SMILES string of the molecule is CC1(C)Nc2c(F)ccc(C(F)F)c2NC1=O. The number of amides is 1. The Morgan fingerprint density at radius 3 is 2.47 bits per heavy atom. The first-order valence-electron chi connectivity index (χ1n) is 5.03. The van der Waals surface area contributed by atoms with Crippen LogP contribution in [0.15, 0.2) is 12.1 Å². The van der Waals surface area contributed by atoms with Gasteiger partial charge in [0.2, 0.25) is 5.91 Å². The normalized spacial score (nSPS) is 17.4. The second-order valence-electron chi connectivity index (χ2n) is 4.39. The van der Waals surface area contributed by atoms with Crippen LogP contribution in [0.2, 0.25) is 0 Å². The van der Waals surface area contributed by atoms with E-state index in [9.17, 15) is 18.0 Å². The summed E-state index contributed by atoms with van der Waals surface area (Å²) in [5.41, 5.74) is -1.69.